The summed E-state index contributed by atoms with van der Waals surface area (Å²) in [7, 11) is 4.06. The number of rotatable bonds is 3. The van der Waals surface area contributed by atoms with E-state index in [2.05, 4.69) is 21.9 Å². The number of hydrogen-bond acceptors (Lipinski definition) is 4. The van der Waals surface area contributed by atoms with Gasteiger partial charge in [-0.1, -0.05) is 19.3 Å². The second-order valence-corrected chi connectivity index (χ2v) is 7.14. The predicted molar refractivity (Wildman–Crippen MR) is 90.5 cm³/mol. The van der Waals surface area contributed by atoms with Crippen LogP contribution in [0.2, 0.25) is 0 Å². The van der Waals surface area contributed by atoms with Crippen LogP contribution in [0, 0.1) is 0 Å². The van der Waals surface area contributed by atoms with E-state index in [-0.39, 0.29) is 5.91 Å². The number of amides is 1. The van der Waals surface area contributed by atoms with Gasteiger partial charge in [-0.15, -0.1) is 0 Å². The van der Waals surface area contributed by atoms with Gasteiger partial charge >= 0.3 is 0 Å². The maximum atomic E-state index is 12.8. The first kappa shape index (κ1) is 16.4. The van der Waals surface area contributed by atoms with Gasteiger partial charge in [0.25, 0.3) is 5.91 Å². The van der Waals surface area contributed by atoms with Gasteiger partial charge in [-0.05, 0) is 39.3 Å². The Balaban J connectivity index is 1.72. The SMILES string of the molecule is CN1CCCC(c2cncc(C(=O)N(C)C3CCCCC3)n2)C1. The van der Waals surface area contributed by atoms with Crippen LogP contribution in [-0.2, 0) is 0 Å². The number of hydrogen-bond donors (Lipinski definition) is 0. The summed E-state index contributed by atoms with van der Waals surface area (Å²) in [6, 6.07) is 0.363. The lowest BCUT2D eigenvalue weighted by Crippen LogP contribution is -2.39. The molecule has 1 amide bonds. The van der Waals surface area contributed by atoms with E-state index in [1.807, 2.05) is 18.1 Å². The molecule has 1 atom stereocenters. The molecule has 0 aromatic carbocycles. The third-order valence-electron chi connectivity index (χ3n) is 5.36. The summed E-state index contributed by atoms with van der Waals surface area (Å²) < 4.78 is 0. The standard InChI is InChI=1S/C18H28N4O/c1-21-10-6-7-14(13-21)16-11-19-12-17(20-16)18(23)22(2)15-8-4-3-5-9-15/h11-12,14-15H,3-10,13H2,1-2H3. The van der Waals surface area contributed by atoms with Crippen molar-refractivity contribution in [2.24, 2.45) is 0 Å². The zero-order valence-electron chi connectivity index (χ0n) is 14.4. The van der Waals surface area contributed by atoms with Gasteiger partial charge < -0.3 is 9.80 Å². The molecule has 3 rings (SSSR count). The van der Waals surface area contributed by atoms with Gasteiger partial charge in [0.05, 0.1) is 11.9 Å². The molecule has 0 bridgehead atoms. The average molecular weight is 316 g/mol. The van der Waals surface area contributed by atoms with Crippen LogP contribution in [0.3, 0.4) is 0 Å². The minimum atomic E-state index is 0.0235. The molecular formula is C18H28N4O. The molecule has 5 nitrogen and oxygen atoms in total. The highest BCUT2D eigenvalue weighted by Crippen LogP contribution is 2.25. The van der Waals surface area contributed by atoms with Gasteiger partial charge in [0, 0.05) is 31.7 Å². The number of likely N-dealkylation sites (N-methyl/N-ethyl adjacent to an activating group) is 1. The molecule has 1 unspecified atom stereocenters. The minimum absolute atomic E-state index is 0.0235. The van der Waals surface area contributed by atoms with E-state index in [0.29, 0.717) is 17.7 Å². The lowest BCUT2D eigenvalue weighted by Gasteiger charge is -2.31. The monoisotopic (exact) mass is 316 g/mol. The molecule has 1 saturated carbocycles. The van der Waals surface area contributed by atoms with Gasteiger partial charge in [0.15, 0.2) is 0 Å². The van der Waals surface area contributed by atoms with Crippen molar-refractivity contribution in [3.8, 4) is 0 Å². The highest BCUT2D eigenvalue weighted by Gasteiger charge is 2.26. The van der Waals surface area contributed by atoms with E-state index in [0.717, 1.165) is 38.0 Å². The molecule has 1 aromatic rings. The third-order valence-corrected chi connectivity index (χ3v) is 5.36. The van der Waals surface area contributed by atoms with E-state index < -0.39 is 0 Å². The summed E-state index contributed by atoms with van der Waals surface area (Å²) >= 11 is 0. The Kier molecular flexibility index (Phi) is 5.26. The van der Waals surface area contributed by atoms with Gasteiger partial charge in [-0.3, -0.25) is 9.78 Å². The van der Waals surface area contributed by atoms with Crippen LogP contribution in [0.25, 0.3) is 0 Å². The lowest BCUT2D eigenvalue weighted by atomic mass is 9.94. The molecule has 2 fully saturated rings. The van der Waals surface area contributed by atoms with Gasteiger partial charge in [0.1, 0.15) is 5.69 Å². The van der Waals surface area contributed by atoms with E-state index >= 15 is 0 Å². The van der Waals surface area contributed by atoms with E-state index in [4.69, 9.17) is 0 Å². The van der Waals surface area contributed by atoms with Gasteiger partial charge in [-0.25, -0.2) is 4.98 Å². The van der Waals surface area contributed by atoms with Crippen LogP contribution >= 0.6 is 0 Å². The second-order valence-electron chi connectivity index (χ2n) is 7.14. The van der Waals surface area contributed by atoms with Crippen LogP contribution in [-0.4, -0.2) is 58.9 Å². The molecule has 1 saturated heterocycles. The Morgan fingerprint density at radius 2 is 1.96 bits per heavy atom. The summed E-state index contributed by atoms with van der Waals surface area (Å²) in [6.45, 7) is 2.15. The number of aromatic nitrogens is 2. The molecule has 0 radical (unpaired) electrons. The third kappa shape index (κ3) is 3.89. The fourth-order valence-electron chi connectivity index (χ4n) is 3.90. The largest absolute Gasteiger partial charge is 0.337 e. The Labute approximate surface area is 139 Å². The quantitative estimate of drug-likeness (QED) is 0.860. The molecule has 2 aliphatic rings. The van der Waals surface area contributed by atoms with E-state index in [1.165, 1.54) is 25.7 Å². The first-order valence-electron chi connectivity index (χ1n) is 8.93. The average Bonchev–Trinajstić information content (AvgIpc) is 2.61. The lowest BCUT2D eigenvalue weighted by molar-refractivity contribution is 0.0689. The maximum Gasteiger partial charge on any atom is 0.274 e. The molecule has 1 aromatic heterocycles. The summed E-state index contributed by atoms with van der Waals surface area (Å²) in [5.74, 6) is 0.421. The summed E-state index contributed by atoms with van der Waals surface area (Å²) in [5, 5.41) is 0. The van der Waals surface area contributed by atoms with Crippen molar-refractivity contribution in [3.05, 3.63) is 23.8 Å². The molecular weight excluding hydrogens is 288 g/mol. The number of nitrogens with zero attached hydrogens (tertiary/aromatic N) is 4. The Bertz CT molecular complexity index is 542. The Morgan fingerprint density at radius 1 is 1.17 bits per heavy atom. The molecule has 126 valence electrons. The maximum absolute atomic E-state index is 12.8. The second kappa shape index (κ2) is 7.39. The highest BCUT2D eigenvalue weighted by atomic mass is 16.2. The zero-order valence-corrected chi connectivity index (χ0v) is 14.4. The molecule has 5 heteroatoms. The molecule has 0 N–H and O–H groups in total. The van der Waals surface area contributed by atoms with Crippen molar-refractivity contribution < 1.29 is 4.79 Å². The van der Waals surface area contributed by atoms with Crippen LogP contribution in [0.5, 0.6) is 0 Å². The smallest absolute Gasteiger partial charge is 0.274 e. The molecule has 1 aliphatic heterocycles. The van der Waals surface area contributed by atoms with Crippen molar-refractivity contribution in [1.29, 1.82) is 0 Å². The molecule has 23 heavy (non-hydrogen) atoms. The number of carbonyl (C=O) groups excluding carboxylic acids is 1. The van der Waals surface area contributed by atoms with Gasteiger partial charge in [0.2, 0.25) is 0 Å². The number of piperidine rings is 1. The number of likely N-dealkylation sites (tertiary alicyclic amines) is 1. The first-order chi connectivity index (χ1) is 11.1. The molecule has 2 heterocycles. The van der Waals surface area contributed by atoms with Crippen molar-refractivity contribution in [3.63, 3.8) is 0 Å². The van der Waals surface area contributed by atoms with E-state index in [1.54, 1.807) is 6.20 Å². The Morgan fingerprint density at radius 3 is 2.70 bits per heavy atom. The summed E-state index contributed by atoms with van der Waals surface area (Å²) in [5.41, 5.74) is 1.48. The van der Waals surface area contributed by atoms with Crippen LogP contribution in [0.1, 0.15) is 67.0 Å². The van der Waals surface area contributed by atoms with Crippen LogP contribution in [0.15, 0.2) is 12.4 Å². The topological polar surface area (TPSA) is 49.3 Å². The molecule has 0 spiro atoms. The van der Waals surface area contributed by atoms with Crippen molar-refractivity contribution in [1.82, 2.24) is 19.8 Å². The van der Waals surface area contributed by atoms with Crippen molar-refractivity contribution in [2.75, 3.05) is 27.2 Å². The molecule has 1 aliphatic carbocycles. The van der Waals surface area contributed by atoms with Crippen LogP contribution < -0.4 is 0 Å². The zero-order chi connectivity index (χ0) is 16.2. The van der Waals surface area contributed by atoms with Crippen molar-refractivity contribution >= 4 is 5.91 Å². The normalized spacial score (nSPS) is 23.7. The van der Waals surface area contributed by atoms with Crippen LogP contribution in [0.4, 0.5) is 0 Å². The minimum Gasteiger partial charge on any atom is -0.337 e. The Hall–Kier alpha value is -1.49. The van der Waals surface area contributed by atoms with Crippen molar-refractivity contribution in [2.45, 2.75) is 56.9 Å². The van der Waals surface area contributed by atoms with E-state index in [9.17, 15) is 4.79 Å². The predicted octanol–water partition coefficient (Wildman–Crippen LogP) is 2.69. The highest BCUT2D eigenvalue weighted by molar-refractivity contribution is 5.92. The first-order valence-corrected chi connectivity index (χ1v) is 8.93. The summed E-state index contributed by atoms with van der Waals surface area (Å²) in [4.78, 5) is 25.9. The fraction of sp³-hybridized carbons (Fsp3) is 0.722. The number of carbonyl (C=O) groups is 1. The summed E-state index contributed by atoms with van der Waals surface area (Å²) in [6.07, 6.45) is 11.7. The fourth-order valence-corrected chi connectivity index (χ4v) is 3.90. The van der Waals surface area contributed by atoms with Gasteiger partial charge in [-0.2, -0.15) is 0 Å².